The largest absolute Gasteiger partial charge is 0.371 e. The van der Waals surface area contributed by atoms with Crippen molar-refractivity contribution in [1.82, 2.24) is 15.3 Å². The number of nitrogens with zero attached hydrogens (tertiary/aromatic N) is 2. The fraction of sp³-hybridized carbons (Fsp3) is 0.500. The Morgan fingerprint density at radius 2 is 1.70 bits per heavy atom. The molecule has 30 heavy (non-hydrogen) atoms. The van der Waals surface area contributed by atoms with Gasteiger partial charge in [0.2, 0.25) is 5.95 Å². The van der Waals surface area contributed by atoms with Gasteiger partial charge >= 0.3 is 6.03 Å². The van der Waals surface area contributed by atoms with E-state index >= 15 is 0 Å². The minimum absolute atomic E-state index is 0.0437. The molecule has 0 spiro atoms. The fourth-order valence-electron chi connectivity index (χ4n) is 4.66. The lowest BCUT2D eigenvalue weighted by Crippen LogP contribution is -2.46. The van der Waals surface area contributed by atoms with Crippen molar-refractivity contribution < 1.29 is 14.3 Å². The van der Waals surface area contributed by atoms with Crippen molar-refractivity contribution in [3.63, 3.8) is 0 Å². The van der Waals surface area contributed by atoms with E-state index in [-0.39, 0.29) is 30.3 Å². The molecule has 2 aromatic rings. The Labute approximate surface area is 175 Å². The van der Waals surface area contributed by atoms with Gasteiger partial charge in [-0.2, -0.15) is 0 Å². The quantitative estimate of drug-likeness (QED) is 0.703. The zero-order valence-electron chi connectivity index (χ0n) is 16.8. The van der Waals surface area contributed by atoms with Crippen LogP contribution in [-0.4, -0.2) is 53.5 Å². The van der Waals surface area contributed by atoms with Gasteiger partial charge in [-0.05, 0) is 31.0 Å². The van der Waals surface area contributed by atoms with Gasteiger partial charge in [-0.1, -0.05) is 31.0 Å². The summed E-state index contributed by atoms with van der Waals surface area (Å²) in [6.07, 6.45) is 6.44. The Bertz CT molecular complexity index is 874. The van der Waals surface area contributed by atoms with E-state index in [1.807, 2.05) is 42.6 Å². The van der Waals surface area contributed by atoms with E-state index in [9.17, 15) is 4.79 Å². The molecule has 0 bridgehead atoms. The van der Waals surface area contributed by atoms with Gasteiger partial charge in [-0.15, -0.1) is 0 Å². The zero-order valence-corrected chi connectivity index (χ0v) is 16.8. The van der Waals surface area contributed by atoms with Crippen LogP contribution in [0, 0.1) is 0 Å². The summed E-state index contributed by atoms with van der Waals surface area (Å²) in [5.41, 5.74) is 1.86. The van der Waals surface area contributed by atoms with Crippen LogP contribution in [0.4, 0.5) is 16.4 Å². The third-order valence-corrected chi connectivity index (χ3v) is 6.17. The molecule has 1 aromatic carbocycles. The van der Waals surface area contributed by atoms with Crippen molar-refractivity contribution in [2.75, 3.05) is 23.8 Å². The predicted octanol–water partition coefficient (Wildman–Crippen LogP) is 2.90. The van der Waals surface area contributed by atoms with Crippen molar-refractivity contribution in [2.24, 2.45) is 0 Å². The van der Waals surface area contributed by atoms with Gasteiger partial charge < -0.3 is 25.4 Å². The first-order chi connectivity index (χ1) is 14.8. The number of amides is 2. The summed E-state index contributed by atoms with van der Waals surface area (Å²) in [7, 11) is 0. The highest BCUT2D eigenvalue weighted by Crippen LogP contribution is 2.33. The van der Waals surface area contributed by atoms with Crippen LogP contribution < -0.4 is 16.0 Å². The van der Waals surface area contributed by atoms with Crippen molar-refractivity contribution in [3.8, 4) is 0 Å². The highest BCUT2D eigenvalue weighted by Gasteiger charge is 2.48. The number of carbonyl (C=O) groups excluding carboxylic acids is 1. The summed E-state index contributed by atoms with van der Waals surface area (Å²) in [6.45, 7) is 0.906. The first kappa shape index (κ1) is 19.3. The number of hydrogen-bond acceptors (Lipinski definition) is 6. The standard InChI is InChI=1S/C22H27N5O3/c28-22(24-15-8-2-1-3-9-15)27-18-13-30-19-17(12-29-20(18)19)26-21-23-11-10-16(25-21)14-6-4-5-7-14/h1-3,8-11,14,17-20H,4-7,12-13H2,(H,23,25,26)(H2,24,27,28). The maximum Gasteiger partial charge on any atom is 0.319 e. The van der Waals surface area contributed by atoms with Crippen LogP contribution >= 0.6 is 0 Å². The Morgan fingerprint density at radius 1 is 0.967 bits per heavy atom. The molecule has 2 aliphatic heterocycles. The number of hydrogen-bond donors (Lipinski definition) is 3. The van der Waals surface area contributed by atoms with Gasteiger partial charge in [0.1, 0.15) is 12.2 Å². The zero-order chi connectivity index (χ0) is 20.3. The molecule has 4 atom stereocenters. The van der Waals surface area contributed by atoms with Gasteiger partial charge in [-0.3, -0.25) is 0 Å². The highest BCUT2D eigenvalue weighted by molar-refractivity contribution is 5.89. The number of para-hydroxylation sites is 1. The number of ether oxygens (including phenoxy) is 2. The molecular formula is C22H27N5O3. The lowest BCUT2D eigenvalue weighted by Gasteiger charge is -2.19. The topological polar surface area (TPSA) is 97.4 Å². The summed E-state index contributed by atoms with van der Waals surface area (Å²) in [6, 6.07) is 10.9. The first-order valence-electron chi connectivity index (χ1n) is 10.7. The number of anilines is 2. The number of fused-ring (bicyclic) bond motifs is 1. The van der Waals surface area contributed by atoms with Crippen LogP contribution in [-0.2, 0) is 9.47 Å². The van der Waals surface area contributed by atoms with Crippen LogP contribution in [0.25, 0.3) is 0 Å². The third-order valence-electron chi connectivity index (χ3n) is 6.17. The van der Waals surface area contributed by atoms with E-state index in [1.54, 1.807) is 0 Å². The second-order valence-electron chi connectivity index (χ2n) is 8.20. The molecule has 1 aromatic heterocycles. The smallest absolute Gasteiger partial charge is 0.319 e. The molecular weight excluding hydrogens is 382 g/mol. The van der Waals surface area contributed by atoms with Crippen LogP contribution in [0.1, 0.15) is 37.3 Å². The van der Waals surface area contributed by atoms with Crippen LogP contribution in [0.15, 0.2) is 42.6 Å². The van der Waals surface area contributed by atoms with E-state index in [2.05, 4.69) is 20.9 Å². The maximum absolute atomic E-state index is 12.3. The summed E-state index contributed by atoms with van der Waals surface area (Å²) < 4.78 is 11.9. The predicted molar refractivity (Wildman–Crippen MR) is 113 cm³/mol. The van der Waals surface area contributed by atoms with Crippen molar-refractivity contribution in [2.45, 2.75) is 55.9 Å². The molecule has 1 aliphatic carbocycles. The number of aromatic nitrogens is 2. The Balaban J connectivity index is 1.18. The molecule has 1 saturated carbocycles. The summed E-state index contributed by atoms with van der Waals surface area (Å²) >= 11 is 0. The number of nitrogens with one attached hydrogen (secondary N) is 3. The molecule has 4 unspecified atom stereocenters. The highest BCUT2D eigenvalue weighted by atomic mass is 16.6. The second kappa shape index (κ2) is 8.57. The molecule has 3 fully saturated rings. The molecule has 3 N–H and O–H groups in total. The fourth-order valence-corrected chi connectivity index (χ4v) is 4.66. The molecule has 8 heteroatoms. The number of urea groups is 1. The molecule has 158 valence electrons. The molecule has 3 aliphatic rings. The Kier molecular flexibility index (Phi) is 5.50. The molecule has 8 nitrogen and oxygen atoms in total. The van der Waals surface area contributed by atoms with Gasteiger partial charge in [0.25, 0.3) is 0 Å². The summed E-state index contributed by atoms with van der Waals surface area (Å²) in [5, 5.41) is 9.20. The van der Waals surface area contributed by atoms with Crippen molar-refractivity contribution >= 4 is 17.7 Å². The van der Waals surface area contributed by atoms with Crippen LogP contribution in [0.2, 0.25) is 0 Å². The molecule has 2 amide bonds. The number of benzene rings is 1. The lowest BCUT2D eigenvalue weighted by molar-refractivity contribution is 0.0683. The minimum Gasteiger partial charge on any atom is -0.371 e. The van der Waals surface area contributed by atoms with E-state index in [4.69, 9.17) is 14.5 Å². The van der Waals surface area contributed by atoms with Gasteiger partial charge in [0.05, 0.1) is 25.3 Å². The Morgan fingerprint density at radius 3 is 2.50 bits per heavy atom. The van der Waals surface area contributed by atoms with E-state index in [0.717, 1.165) is 11.4 Å². The second-order valence-corrected chi connectivity index (χ2v) is 8.20. The molecule has 2 saturated heterocycles. The number of carbonyl (C=O) groups is 1. The number of rotatable bonds is 5. The van der Waals surface area contributed by atoms with E-state index < -0.39 is 0 Å². The van der Waals surface area contributed by atoms with Gasteiger partial charge in [0.15, 0.2) is 0 Å². The van der Waals surface area contributed by atoms with Crippen molar-refractivity contribution in [3.05, 3.63) is 48.3 Å². The molecule has 5 rings (SSSR count). The third kappa shape index (κ3) is 4.11. The van der Waals surface area contributed by atoms with Gasteiger partial charge in [-0.25, -0.2) is 14.8 Å². The lowest BCUT2D eigenvalue weighted by atomic mass is 10.0. The first-order valence-corrected chi connectivity index (χ1v) is 10.7. The maximum atomic E-state index is 12.3. The minimum atomic E-state index is -0.261. The normalized spacial score (nSPS) is 28.3. The summed E-state index contributed by atoms with van der Waals surface area (Å²) in [5.74, 6) is 1.16. The van der Waals surface area contributed by atoms with Crippen molar-refractivity contribution in [1.29, 1.82) is 0 Å². The average molecular weight is 409 g/mol. The van der Waals surface area contributed by atoms with Gasteiger partial charge in [0, 0.05) is 23.5 Å². The Hall–Kier alpha value is -2.71. The van der Waals surface area contributed by atoms with E-state index in [0.29, 0.717) is 25.1 Å². The van der Waals surface area contributed by atoms with Crippen LogP contribution in [0.5, 0.6) is 0 Å². The SMILES string of the molecule is O=C(Nc1ccccc1)NC1COC2C(Nc3nccc(C4CCCC4)n3)COC12. The van der Waals surface area contributed by atoms with Crippen LogP contribution in [0.3, 0.4) is 0 Å². The monoisotopic (exact) mass is 409 g/mol. The van der Waals surface area contributed by atoms with E-state index in [1.165, 1.54) is 25.7 Å². The summed E-state index contributed by atoms with van der Waals surface area (Å²) in [4.78, 5) is 21.4. The molecule has 3 heterocycles. The average Bonchev–Trinajstić information content (AvgIpc) is 3.50. The molecule has 0 radical (unpaired) electrons.